The molecule has 3 aromatic rings. The van der Waals surface area contributed by atoms with Crippen LogP contribution < -0.4 is 14.9 Å². The van der Waals surface area contributed by atoms with Crippen molar-refractivity contribution in [2.75, 3.05) is 16.2 Å². The molecule has 0 bridgehead atoms. The van der Waals surface area contributed by atoms with Gasteiger partial charge in [0.05, 0.1) is 10.9 Å². The summed E-state index contributed by atoms with van der Waals surface area (Å²) in [6.07, 6.45) is 2.13. The van der Waals surface area contributed by atoms with Gasteiger partial charge in [-0.15, -0.1) is 11.3 Å². The Labute approximate surface area is 180 Å². The van der Waals surface area contributed by atoms with Crippen LogP contribution in [-0.2, 0) is 21.4 Å². The lowest BCUT2D eigenvalue weighted by molar-refractivity contribution is -0.118. The van der Waals surface area contributed by atoms with Gasteiger partial charge in [-0.2, -0.15) is 0 Å². The van der Waals surface area contributed by atoms with Gasteiger partial charge in [-0.25, -0.2) is 17.8 Å². The van der Waals surface area contributed by atoms with Crippen LogP contribution in [0.4, 0.5) is 15.2 Å². The number of carbonyl (C=O) groups is 1. The molecule has 30 heavy (non-hydrogen) atoms. The van der Waals surface area contributed by atoms with E-state index in [0.717, 1.165) is 5.56 Å². The third-order valence-corrected chi connectivity index (χ3v) is 6.93. The summed E-state index contributed by atoms with van der Waals surface area (Å²) >= 11 is 1.19. The molecule has 1 aromatic heterocycles. The maximum atomic E-state index is 13.3. The maximum absolute atomic E-state index is 13.3. The Morgan fingerprint density at radius 2 is 2.03 bits per heavy atom. The van der Waals surface area contributed by atoms with Crippen LogP contribution >= 0.6 is 11.3 Å². The number of sulfonamides is 1. The second kappa shape index (κ2) is 8.50. The molecule has 2 N–H and O–H groups in total. The molecule has 160 valence electrons. The van der Waals surface area contributed by atoms with E-state index in [1.807, 2.05) is 0 Å². The molecule has 1 amide bonds. The highest BCUT2D eigenvalue weighted by Gasteiger charge is 2.32. The fourth-order valence-corrected chi connectivity index (χ4v) is 5.06. The number of halogens is 1. The zero-order chi connectivity index (χ0) is 21.1. The van der Waals surface area contributed by atoms with Crippen LogP contribution in [0.3, 0.4) is 0 Å². The molecule has 0 radical (unpaired) electrons. The lowest BCUT2D eigenvalue weighted by Gasteiger charge is -2.18. The number of carbonyl (C=O) groups excluding carboxylic acids is 1. The molecule has 1 atom stereocenters. The van der Waals surface area contributed by atoms with Crippen molar-refractivity contribution in [1.29, 1.82) is 0 Å². The van der Waals surface area contributed by atoms with E-state index in [-0.39, 0.29) is 25.5 Å². The highest BCUT2D eigenvalue weighted by atomic mass is 32.2. The van der Waals surface area contributed by atoms with E-state index in [4.69, 9.17) is 0 Å². The number of aromatic nitrogens is 1. The Hall–Kier alpha value is -2.82. The minimum absolute atomic E-state index is 0. The van der Waals surface area contributed by atoms with Gasteiger partial charge in [-0.05, 0) is 48.4 Å². The molecule has 0 spiro atoms. The van der Waals surface area contributed by atoms with E-state index >= 15 is 0 Å². The smallest absolute Gasteiger partial charge is 0.263 e. The SMILES string of the molecule is O=C1C(NCc2cccc(F)c2)CCN1c1ccc(S(=O)(=O)Nc2nccs2)cc1.[HH].[HH]. The third kappa shape index (κ3) is 4.50. The summed E-state index contributed by atoms with van der Waals surface area (Å²) in [7, 11) is -3.74. The molecule has 7 nitrogen and oxygen atoms in total. The number of hydrogen-bond donors (Lipinski definition) is 2. The number of rotatable bonds is 7. The molecule has 1 fully saturated rings. The first-order valence-electron chi connectivity index (χ1n) is 9.24. The summed E-state index contributed by atoms with van der Waals surface area (Å²) < 4.78 is 40.6. The van der Waals surface area contributed by atoms with Crippen molar-refractivity contribution in [2.45, 2.75) is 23.9 Å². The van der Waals surface area contributed by atoms with Crippen molar-refractivity contribution in [3.05, 3.63) is 71.5 Å². The molecule has 2 heterocycles. The zero-order valence-corrected chi connectivity index (χ0v) is 17.4. The second-order valence-corrected chi connectivity index (χ2v) is 9.36. The highest BCUT2D eigenvalue weighted by Crippen LogP contribution is 2.25. The Balaban J connectivity index is 0.00000181. The zero-order valence-electron chi connectivity index (χ0n) is 15.8. The van der Waals surface area contributed by atoms with Crippen LogP contribution in [0.2, 0.25) is 0 Å². The van der Waals surface area contributed by atoms with E-state index in [1.54, 1.807) is 34.5 Å². The van der Waals surface area contributed by atoms with Crippen molar-refractivity contribution in [2.24, 2.45) is 0 Å². The molecule has 1 unspecified atom stereocenters. The first-order valence-corrected chi connectivity index (χ1v) is 11.6. The Morgan fingerprint density at radius 1 is 1.23 bits per heavy atom. The summed E-state index contributed by atoms with van der Waals surface area (Å²) in [5.41, 5.74) is 1.40. The van der Waals surface area contributed by atoms with E-state index in [0.29, 0.717) is 30.3 Å². The summed E-state index contributed by atoms with van der Waals surface area (Å²) in [4.78, 5) is 18.4. The van der Waals surface area contributed by atoms with Crippen LogP contribution in [-0.4, -0.2) is 31.9 Å². The predicted octanol–water partition coefficient (Wildman–Crippen LogP) is 3.47. The fraction of sp³-hybridized carbons (Fsp3) is 0.200. The standard InChI is InChI=1S/C20H19FN4O3S2.2H2/c21-15-3-1-2-14(12-15)13-23-18-8-10-25(19(18)26)16-4-6-17(7-5-16)30(27,28)24-20-22-9-11-29-20;;/h1-7,9,11-12,18,23H,8,10,13H2,(H,22,24);2*1H. The Morgan fingerprint density at radius 3 is 2.73 bits per heavy atom. The molecule has 1 saturated heterocycles. The number of nitrogens with one attached hydrogen (secondary N) is 2. The van der Waals surface area contributed by atoms with Gasteiger partial charge in [0, 0.05) is 33.2 Å². The highest BCUT2D eigenvalue weighted by molar-refractivity contribution is 7.93. The van der Waals surface area contributed by atoms with Crippen LogP contribution in [0.5, 0.6) is 0 Å². The maximum Gasteiger partial charge on any atom is 0.263 e. The van der Waals surface area contributed by atoms with E-state index in [9.17, 15) is 17.6 Å². The van der Waals surface area contributed by atoms with Gasteiger partial charge in [0.15, 0.2) is 5.13 Å². The van der Waals surface area contributed by atoms with Crippen molar-refractivity contribution in [3.8, 4) is 0 Å². The van der Waals surface area contributed by atoms with Crippen LogP contribution in [0.15, 0.2) is 65.0 Å². The third-order valence-electron chi connectivity index (χ3n) is 4.76. The Kier molecular flexibility index (Phi) is 5.80. The lowest BCUT2D eigenvalue weighted by atomic mass is 10.2. The molecule has 0 aliphatic carbocycles. The van der Waals surface area contributed by atoms with E-state index in [1.165, 1.54) is 41.8 Å². The van der Waals surface area contributed by atoms with Crippen LogP contribution in [0, 0.1) is 5.82 Å². The quantitative estimate of drug-likeness (QED) is 0.575. The van der Waals surface area contributed by atoms with Gasteiger partial charge in [0.25, 0.3) is 10.0 Å². The summed E-state index contributed by atoms with van der Waals surface area (Å²) in [5, 5.41) is 5.14. The largest absolute Gasteiger partial charge is 0.311 e. The molecule has 4 rings (SSSR count). The lowest BCUT2D eigenvalue weighted by Crippen LogP contribution is -2.38. The minimum Gasteiger partial charge on any atom is -0.311 e. The first kappa shape index (κ1) is 20.5. The molecule has 10 heteroatoms. The molecular weight excluding hydrogens is 427 g/mol. The van der Waals surface area contributed by atoms with Crippen molar-refractivity contribution in [3.63, 3.8) is 0 Å². The molecule has 1 aliphatic rings. The van der Waals surface area contributed by atoms with Crippen molar-refractivity contribution in [1.82, 2.24) is 10.3 Å². The van der Waals surface area contributed by atoms with Crippen LogP contribution in [0.1, 0.15) is 14.8 Å². The van der Waals surface area contributed by atoms with Gasteiger partial charge in [0.2, 0.25) is 5.91 Å². The number of nitrogens with zero attached hydrogens (tertiary/aromatic N) is 2. The van der Waals surface area contributed by atoms with Crippen LogP contribution in [0.25, 0.3) is 0 Å². The van der Waals surface area contributed by atoms with Gasteiger partial charge < -0.3 is 10.2 Å². The average Bonchev–Trinajstić information content (AvgIpc) is 3.36. The Bertz CT molecular complexity index is 1150. The number of thiazole rings is 1. The second-order valence-electron chi connectivity index (χ2n) is 6.78. The van der Waals surface area contributed by atoms with Gasteiger partial charge in [0.1, 0.15) is 5.82 Å². The summed E-state index contributed by atoms with van der Waals surface area (Å²) in [6.45, 7) is 0.907. The number of amides is 1. The summed E-state index contributed by atoms with van der Waals surface area (Å²) in [5.74, 6) is -0.406. The fourth-order valence-electron chi connectivity index (χ4n) is 3.27. The van der Waals surface area contributed by atoms with Gasteiger partial charge in [-0.1, -0.05) is 12.1 Å². The average molecular weight is 451 g/mol. The molecular formula is C20H23FN4O3S2. The first-order chi connectivity index (χ1) is 14.4. The minimum atomic E-state index is -3.74. The molecule has 0 saturated carbocycles. The van der Waals surface area contributed by atoms with Gasteiger partial charge >= 0.3 is 0 Å². The predicted molar refractivity (Wildman–Crippen MR) is 118 cm³/mol. The van der Waals surface area contributed by atoms with E-state index < -0.39 is 10.0 Å². The molecule has 2 aromatic carbocycles. The summed E-state index contributed by atoms with van der Waals surface area (Å²) in [6, 6.07) is 12.0. The van der Waals surface area contributed by atoms with Crippen molar-refractivity contribution < 1.29 is 20.5 Å². The monoisotopic (exact) mass is 450 g/mol. The number of benzene rings is 2. The number of hydrogen-bond acceptors (Lipinski definition) is 6. The van der Waals surface area contributed by atoms with Crippen molar-refractivity contribution >= 4 is 38.1 Å². The number of anilines is 2. The topological polar surface area (TPSA) is 91.4 Å². The normalized spacial score (nSPS) is 16.8. The molecule has 1 aliphatic heterocycles. The van der Waals surface area contributed by atoms with E-state index in [2.05, 4.69) is 15.0 Å². The van der Waals surface area contributed by atoms with Gasteiger partial charge in [-0.3, -0.25) is 9.52 Å².